The highest BCUT2D eigenvalue weighted by molar-refractivity contribution is 5.80. The van der Waals surface area contributed by atoms with Gasteiger partial charge in [-0.25, -0.2) is 9.59 Å². The van der Waals surface area contributed by atoms with Crippen molar-refractivity contribution in [2.45, 2.75) is 45.8 Å². The Morgan fingerprint density at radius 3 is 2.48 bits per heavy atom. The van der Waals surface area contributed by atoms with Crippen LogP contribution in [0.3, 0.4) is 0 Å². The van der Waals surface area contributed by atoms with Crippen molar-refractivity contribution in [2.24, 2.45) is 0 Å². The summed E-state index contributed by atoms with van der Waals surface area (Å²) in [7, 11) is 0. The monoisotopic (exact) mass is 294 g/mol. The Morgan fingerprint density at radius 2 is 2.00 bits per heavy atom. The van der Waals surface area contributed by atoms with E-state index in [0.717, 1.165) is 11.1 Å². The number of nitrogens with two attached hydrogens (primary N) is 1. The summed E-state index contributed by atoms with van der Waals surface area (Å²) in [6.07, 6.45) is -0.586. The molecule has 1 aromatic rings. The lowest BCUT2D eigenvalue weighted by atomic mass is 10.0. The molecule has 21 heavy (non-hydrogen) atoms. The fraction of sp³-hybridized carbons (Fsp3) is 0.467. The topological polar surface area (TPSA) is 102 Å². The Kier molecular flexibility index (Phi) is 5.18. The molecule has 116 valence electrons. The highest BCUT2D eigenvalue weighted by Gasteiger charge is 2.24. The van der Waals surface area contributed by atoms with Gasteiger partial charge < -0.3 is 20.9 Å². The quantitative estimate of drug-likeness (QED) is 0.738. The largest absolute Gasteiger partial charge is 0.480 e. The van der Waals surface area contributed by atoms with Crippen LogP contribution >= 0.6 is 0 Å². The Labute approximate surface area is 124 Å². The zero-order chi connectivity index (χ0) is 16.2. The number of carboxylic acids is 1. The number of nitrogen functional groups attached to an aromatic ring is 1. The van der Waals surface area contributed by atoms with Gasteiger partial charge >= 0.3 is 12.1 Å². The minimum Gasteiger partial charge on any atom is -0.480 e. The second kappa shape index (κ2) is 6.47. The molecule has 1 aromatic carbocycles. The summed E-state index contributed by atoms with van der Waals surface area (Å²) in [5, 5.41) is 11.6. The van der Waals surface area contributed by atoms with E-state index in [4.69, 9.17) is 10.5 Å². The summed E-state index contributed by atoms with van der Waals surface area (Å²) >= 11 is 0. The molecular weight excluding hydrogens is 272 g/mol. The van der Waals surface area contributed by atoms with E-state index in [0.29, 0.717) is 5.69 Å². The number of carboxylic acid groups (broad SMARTS) is 1. The van der Waals surface area contributed by atoms with Crippen LogP contribution < -0.4 is 11.1 Å². The SMILES string of the molecule is Cc1cc(CC(NC(=O)OC(C)(C)C)C(=O)O)ccc1N. The van der Waals surface area contributed by atoms with Gasteiger partial charge in [-0.15, -0.1) is 0 Å². The van der Waals surface area contributed by atoms with E-state index in [1.54, 1.807) is 32.9 Å². The number of amides is 1. The van der Waals surface area contributed by atoms with Crippen LogP contribution in [0.1, 0.15) is 31.9 Å². The van der Waals surface area contributed by atoms with E-state index < -0.39 is 23.7 Å². The summed E-state index contributed by atoms with van der Waals surface area (Å²) in [5.41, 5.74) is 7.34. The average Bonchev–Trinajstić information content (AvgIpc) is 2.30. The van der Waals surface area contributed by atoms with Gasteiger partial charge in [-0.2, -0.15) is 0 Å². The lowest BCUT2D eigenvalue weighted by Crippen LogP contribution is -2.44. The number of alkyl carbamates (subject to hydrolysis) is 1. The van der Waals surface area contributed by atoms with Crippen molar-refractivity contribution in [3.05, 3.63) is 29.3 Å². The molecule has 0 bridgehead atoms. The maximum absolute atomic E-state index is 11.7. The van der Waals surface area contributed by atoms with E-state index in [1.165, 1.54) is 0 Å². The van der Waals surface area contributed by atoms with E-state index >= 15 is 0 Å². The molecule has 0 fully saturated rings. The molecule has 6 nitrogen and oxygen atoms in total. The number of aryl methyl sites for hydroxylation is 1. The second-order valence-corrected chi connectivity index (χ2v) is 5.93. The van der Waals surface area contributed by atoms with Gasteiger partial charge in [-0.05, 0) is 44.9 Å². The Bertz CT molecular complexity index is 535. The molecule has 0 aromatic heterocycles. The molecule has 0 aliphatic carbocycles. The first-order valence-electron chi connectivity index (χ1n) is 6.66. The highest BCUT2D eigenvalue weighted by Crippen LogP contribution is 2.14. The number of anilines is 1. The van der Waals surface area contributed by atoms with Crippen molar-refractivity contribution in [1.82, 2.24) is 5.32 Å². The molecule has 0 saturated heterocycles. The molecule has 0 heterocycles. The Balaban J connectivity index is 2.76. The standard InChI is InChI=1S/C15H22N2O4/c1-9-7-10(5-6-11(9)16)8-12(13(18)19)17-14(20)21-15(2,3)4/h5-7,12H,8,16H2,1-4H3,(H,17,20)(H,18,19). The van der Waals surface area contributed by atoms with Gasteiger partial charge in [-0.3, -0.25) is 0 Å². The third kappa shape index (κ3) is 5.72. The Morgan fingerprint density at radius 1 is 1.38 bits per heavy atom. The number of carbonyl (C=O) groups excluding carboxylic acids is 1. The van der Waals surface area contributed by atoms with E-state index in [2.05, 4.69) is 5.32 Å². The van der Waals surface area contributed by atoms with Crippen molar-refractivity contribution in [3.63, 3.8) is 0 Å². The van der Waals surface area contributed by atoms with Crippen molar-refractivity contribution in [2.75, 3.05) is 5.73 Å². The third-order valence-electron chi connectivity index (χ3n) is 2.76. The number of aliphatic carboxylic acids is 1. The summed E-state index contributed by atoms with van der Waals surface area (Å²) in [4.78, 5) is 22.9. The van der Waals surface area contributed by atoms with Gasteiger partial charge in [0.1, 0.15) is 11.6 Å². The second-order valence-electron chi connectivity index (χ2n) is 5.93. The molecular formula is C15H22N2O4. The van der Waals surface area contributed by atoms with E-state index in [9.17, 15) is 14.7 Å². The first-order valence-corrected chi connectivity index (χ1v) is 6.66. The highest BCUT2D eigenvalue weighted by atomic mass is 16.6. The number of nitrogens with one attached hydrogen (secondary N) is 1. The molecule has 0 aliphatic heterocycles. The summed E-state index contributed by atoms with van der Waals surface area (Å²) in [6.45, 7) is 6.99. The maximum atomic E-state index is 11.7. The molecule has 0 spiro atoms. The number of benzene rings is 1. The summed E-state index contributed by atoms with van der Waals surface area (Å²) in [6, 6.07) is 4.22. The molecule has 1 unspecified atom stereocenters. The van der Waals surface area contributed by atoms with Crippen LogP contribution in [-0.2, 0) is 16.0 Å². The van der Waals surface area contributed by atoms with Crippen LogP contribution in [0.2, 0.25) is 0 Å². The van der Waals surface area contributed by atoms with Gasteiger partial charge in [-0.1, -0.05) is 12.1 Å². The van der Waals surface area contributed by atoms with Crippen molar-refractivity contribution < 1.29 is 19.4 Å². The fourth-order valence-corrected chi connectivity index (χ4v) is 1.75. The molecule has 6 heteroatoms. The molecule has 0 saturated carbocycles. The summed E-state index contributed by atoms with van der Waals surface area (Å²) in [5.74, 6) is -1.12. The first-order chi connectivity index (χ1) is 9.58. The van der Waals surface area contributed by atoms with Gasteiger partial charge in [0, 0.05) is 12.1 Å². The average molecular weight is 294 g/mol. The van der Waals surface area contributed by atoms with Crippen LogP contribution in [0.5, 0.6) is 0 Å². The lowest BCUT2D eigenvalue weighted by molar-refractivity contribution is -0.139. The molecule has 1 atom stereocenters. The third-order valence-corrected chi connectivity index (χ3v) is 2.76. The zero-order valence-electron chi connectivity index (χ0n) is 12.8. The predicted molar refractivity (Wildman–Crippen MR) is 80.1 cm³/mol. The lowest BCUT2D eigenvalue weighted by Gasteiger charge is -2.22. The minimum atomic E-state index is -1.12. The van der Waals surface area contributed by atoms with Crippen molar-refractivity contribution >= 4 is 17.7 Å². The molecule has 0 aliphatic rings. The van der Waals surface area contributed by atoms with Crippen LogP contribution in [0.25, 0.3) is 0 Å². The normalized spacial score (nSPS) is 12.6. The van der Waals surface area contributed by atoms with Gasteiger partial charge in [0.15, 0.2) is 0 Å². The Hall–Kier alpha value is -2.24. The molecule has 1 amide bonds. The number of rotatable bonds is 4. The van der Waals surface area contributed by atoms with Gasteiger partial charge in [0.25, 0.3) is 0 Å². The van der Waals surface area contributed by atoms with Crippen LogP contribution in [0.4, 0.5) is 10.5 Å². The summed E-state index contributed by atoms with van der Waals surface area (Å²) < 4.78 is 5.07. The number of carbonyl (C=O) groups is 2. The molecule has 1 rings (SSSR count). The van der Waals surface area contributed by atoms with Gasteiger partial charge in [0.05, 0.1) is 0 Å². The van der Waals surface area contributed by atoms with E-state index in [1.807, 2.05) is 13.0 Å². The van der Waals surface area contributed by atoms with Gasteiger partial charge in [0.2, 0.25) is 0 Å². The zero-order valence-corrected chi connectivity index (χ0v) is 12.8. The number of ether oxygens (including phenoxy) is 1. The molecule has 0 radical (unpaired) electrons. The number of hydrogen-bond donors (Lipinski definition) is 3. The predicted octanol–water partition coefficient (Wildman–Crippen LogP) is 2.10. The number of hydrogen-bond acceptors (Lipinski definition) is 4. The fourth-order valence-electron chi connectivity index (χ4n) is 1.75. The van der Waals surface area contributed by atoms with E-state index in [-0.39, 0.29) is 6.42 Å². The van der Waals surface area contributed by atoms with Crippen LogP contribution in [0, 0.1) is 6.92 Å². The smallest absolute Gasteiger partial charge is 0.408 e. The van der Waals surface area contributed by atoms with Crippen molar-refractivity contribution in [1.29, 1.82) is 0 Å². The van der Waals surface area contributed by atoms with Crippen LogP contribution in [0.15, 0.2) is 18.2 Å². The maximum Gasteiger partial charge on any atom is 0.408 e. The van der Waals surface area contributed by atoms with Crippen molar-refractivity contribution in [3.8, 4) is 0 Å². The minimum absolute atomic E-state index is 0.162. The molecule has 4 N–H and O–H groups in total. The first kappa shape index (κ1) is 16.8. The van der Waals surface area contributed by atoms with Crippen LogP contribution in [-0.4, -0.2) is 28.8 Å².